The van der Waals surface area contributed by atoms with Gasteiger partial charge in [-0.1, -0.05) is 13.8 Å². The zero-order valence-electron chi connectivity index (χ0n) is 39.2. The molecule has 2 heterocycles. The molecule has 4 amide bonds. The second kappa shape index (κ2) is 21.3. The van der Waals surface area contributed by atoms with Crippen LogP contribution in [0.5, 0.6) is 0 Å². The minimum Gasteiger partial charge on any atom is -0.455 e. The molecule has 358 valence electrons. The van der Waals surface area contributed by atoms with Crippen LogP contribution in [0, 0.1) is 5.92 Å². The fourth-order valence-electron chi connectivity index (χ4n) is 7.28. The van der Waals surface area contributed by atoms with Crippen LogP contribution >= 0.6 is 0 Å². The van der Waals surface area contributed by atoms with Crippen molar-refractivity contribution in [2.45, 2.75) is 225 Å². The summed E-state index contributed by atoms with van der Waals surface area (Å²) in [4.78, 5) is 64.5. The van der Waals surface area contributed by atoms with Crippen molar-refractivity contribution >= 4 is 30.3 Å². The highest BCUT2D eigenvalue weighted by atomic mass is 16.7. The Morgan fingerprint density at radius 3 is 1.60 bits per heavy atom. The number of nitrogens with one attached hydrogen (secondary N) is 4. The average Bonchev–Trinajstić information content (AvgIpc) is 3.07. The summed E-state index contributed by atoms with van der Waals surface area (Å²) in [5, 5.41) is 34.7. The monoisotopic (exact) mass is 891 g/mol. The van der Waals surface area contributed by atoms with E-state index in [0.29, 0.717) is 12.8 Å². The van der Waals surface area contributed by atoms with E-state index in [1.165, 1.54) is 0 Å². The lowest BCUT2D eigenvalue weighted by atomic mass is 9.80. The first-order valence-corrected chi connectivity index (χ1v) is 21.4. The third-order valence-electron chi connectivity index (χ3n) is 9.64. The van der Waals surface area contributed by atoms with Crippen molar-refractivity contribution in [1.29, 1.82) is 0 Å². The van der Waals surface area contributed by atoms with Gasteiger partial charge in [0.25, 0.3) is 0 Å². The fourth-order valence-corrected chi connectivity index (χ4v) is 7.28. The molecular formula is C42H74N4O16. The Bertz CT molecular complexity index is 1520. The lowest BCUT2D eigenvalue weighted by Gasteiger charge is -2.49. The van der Waals surface area contributed by atoms with E-state index in [0.717, 1.165) is 6.92 Å². The fraction of sp³-hybridized carbons (Fsp3) is 0.881. The average molecular weight is 891 g/mol. The van der Waals surface area contributed by atoms with Gasteiger partial charge in [0.15, 0.2) is 18.7 Å². The number of hydrogen-bond donors (Lipinski definition) is 6. The van der Waals surface area contributed by atoms with Crippen LogP contribution in [0.3, 0.4) is 0 Å². The highest BCUT2D eigenvalue weighted by molar-refractivity contribution is 5.70. The summed E-state index contributed by atoms with van der Waals surface area (Å²) >= 11 is 0. The van der Waals surface area contributed by atoms with Crippen molar-refractivity contribution < 1.29 is 76.8 Å². The van der Waals surface area contributed by atoms with Gasteiger partial charge in [-0.25, -0.2) is 19.2 Å². The van der Waals surface area contributed by atoms with Gasteiger partial charge in [0.2, 0.25) is 0 Å². The molecule has 20 nitrogen and oxygen atoms in total. The summed E-state index contributed by atoms with van der Waals surface area (Å²) in [7, 11) is 0. The van der Waals surface area contributed by atoms with Crippen LogP contribution in [-0.4, -0.2) is 143 Å². The van der Waals surface area contributed by atoms with Crippen molar-refractivity contribution in [1.82, 2.24) is 21.3 Å². The zero-order chi connectivity index (χ0) is 47.1. The molecule has 62 heavy (non-hydrogen) atoms. The summed E-state index contributed by atoms with van der Waals surface area (Å²) < 4.78 is 53.3. The lowest BCUT2D eigenvalue weighted by molar-refractivity contribution is -0.318. The van der Waals surface area contributed by atoms with E-state index in [2.05, 4.69) is 21.3 Å². The summed E-state index contributed by atoms with van der Waals surface area (Å²) in [5.41, 5.74) is -3.35. The van der Waals surface area contributed by atoms with Gasteiger partial charge in [-0.2, -0.15) is 0 Å². The smallest absolute Gasteiger partial charge is 0.408 e. The Hall–Kier alpha value is -3.69. The molecule has 3 aliphatic rings. The minimum absolute atomic E-state index is 0.0169. The van der Waals surface area contributed by atoms with Crippen LogP contribution in [0.2, 0.25) is 0 Å². The Morgan fingerprint density at radius 1 is 0.613 bits per heavy atom. The van der Waals surface area contributed by atoms with Crippen LogP contribution in [0.15, 0.2) is 0 Å². The van der Waals surface area contributed by atoms with Crippen molar-refractivity contribution in [2.75, 3.05) is 6.54 Å². The highest BCUT2D eigenvalue weighted by Crippen LogP contribution is 2.36. The number of ether oxygens (including phenoxy) is 9. The Labute approximate surface area is 365 Å². The quantitative estimate of drug-likeness (QED) is 0.125. The molecule has 0 spiro atoms. The number of aliphatic hydroxyl groups excluding tert-OH is 2. The van der Waals surface area contributed by atoms with E-state index >= 15 is 0 Å². The number of rotatable bonds is 11. The molecule has 3 fully saturated rings. The van der Waals surface area contributed by atoms with Crippen molar-refractivity contribution in [3.05, 3.63) is 0 Å². The van der Waals surface area contributed by atoms with E-state index in [9.17, 15) is 34.2 Å². The first kappa shape index (κ1) is 52.7. The van der Waals surface area contributed by atoms with Gasteiger partial charge in [0.1, 0.15) is 46.8 Å². The molecule has 0 aromatic heterocycles. The number of esters is 1. The molecule has 0 aromatic rings. The lowest BCUT2D eigenvalue weighted by Crippen LogP contribution is -2.68. The molecular weight excluding hydrogens is 816 g/mol. The maximum Gasteiger partial charge on any atom is 0.408 e. The Balaban J connectivity index is 2.02. The topological polar surface area (TPSA) is 257 Å². The molecule has 1 saturated carbocycles. The van der Waals surface area contributed by atoms with Crippen LogP contribution in [0.25, 0.3) is 0 Å². The predicted molar refractivity (Wildman–Crippen MR) is 222 cm³/mol. The largest absolute Gasteiger partial charge is 0.455 e. The first-order chi connectivity index (χ1) is 28.3. The van der Waals surface area contributed by atoms with Gasteiger partial charge in [-0.05, 0) is 115 Å². The van der Waals surface area contributed by atoms with E-state index in [1.54, 1.807) is 96.9 Å². The number of hydrogen-bond acceptors (Lipinski definition) is 16. The number of carbonyl (C=O) groups is 5. The first-order valence-electron chi connectivity index (χ1n) is 21.4. The van der Waals surface area contributed by atoms with Gasteiger partial charge in [0.05, 0.1) is 30.4 Å². The van der Waals surface area contributed by atoms with E-state index in [4.69, 9.17) is 42.6 Å². The normalized spacial score (nSPS) is 32.0. The summed E-state index contributed by atoms with van der Waals surface area (Å²) in [6.07, 6.45) is -13.1. The summed E-state index contributed by atoms with van der Waals surface area (Å²) in [5.74, 6) is -1.32. The molecule has 1 aliphatic carbocycles. The third-order valence-corrected chi connectivity index (χ3v) is 9.64. The highest BCUT2D eigenvalue weighted by Gasteiger charge is 2.53. The molecule has 6 N–H and O–H groups in total. The standard InChI is InChI=1S/C42H74N4O16/c1-16-26-28(48)27(46-38(53)62-42(13,14)15)32(54-22(3)47)34(56-26)57-30-21(2)19-25(45-37(52)61-41(10,11)12)31(29(30)49)58-33-24(44-36(51)60-40(7,8)9)18-17-23(55-33)20-43-35(50)59-39(4,5)6/h21,23-34,48-49H,16-20H2,1-15H3,(H,43,50)(H,44,51)(H,45,52)(H,46,53)/t21-,23?,24?,25-,26?,27+,28-,29?,30+,31?,32?,33-,34-/m1/s1. The van der Waals surface area contributed by atoms with Crippen LogP contribution in [-0.2, 0) is 47.4 Å². The minimum atomic E-state index is -1.57. The van der Waals surface area contributed by atoms with Crippen molar-refractivity contribution in [3.63, 3.8) is 0 Å². The molecule has 0 bridgehead atoms. The number of amides is 4. The van der Waals surface area contributed by atoms with Gasteiger partial charge < -0.3 is 74.1 Å². The third kappa shape index (κ3) is 17.1. The maximum absolute atomic E-state index is 13.3. The van der Waals surface area contributed by atoms with E-state index < -0.39 is 132 Å². The van der Waals surface area contributed by atoms with Crippen LogP contribution < -0.4 is 21.3 Å². The molecule has 13 atom stereocenters. The SMILES string of the molecule is CCC1O[C@H](O[C@@H]2C(O)C(O[C@H]3OC(CNC(=O)OC(C)(C)C)CCC3NC(=O)OC(C)(C)C)[C@H](NC(=O)OC(C)(C)C)C[C@H]2C)C(OC(C)=O)[C@@H](NC(=O)OC(C)(C)C)[C@@H]1O. The van der Waals surface area contributed by atoms with Crippen molar-refractivity contribution in [3.8, 4) is 0 Å². The Morgan fingerprint density at radius 2 is 1.10 bits per heavy atom. The molecule has 3 rings (SSSR count). The summed E-state index contributed by atoms with van der Waals surface area (Å²) in [6.45, 7) is 25.1. The van der Waals surface area contributed by atoms with Gasteiger partial charge in [-0.3, -0.25) is 4.79 Å². The Kier molecular flexibility index (Phi) is 18.1. The van der Waals surface area contributed by atoms with Crippen LogP contribution in [0.4, 0.5) is 19.2 Å². The summed E-state index contributed by atoms with van der Waals surface area (Å²) in [6, 6.07) is -3.02. The second-order valence-corrected chi connectivity index (χ2v) is 20.2. The number of aliphatic hydroxyl groups is 2. The molecule has 0 radical (unpaired) electrons. The molecule has 2 aliphatic heterocycles. The molecule has 6 unspecified atom stereocenters. The number of alkyl carbamates (subject to hydrolysis) is 4. The second-order valence-electron chi connectivity index (χ2n) is 20.2. The molecule has 20 heteroatoms. The van der Waals surface area contributed by atoms with E-state index in [-0.39, 0.29) is 19.4 Å². The predicted octanol–water partition coefficient (Wildman–Crippen LogP) is 4.29. The van der Waals surface area contributed by atoms with E-state index in [1.807, 2.05) is 0 Å². The zero-order valence-corrected chi connectivity index (χ0v) is 39.2. The van der Waals surface area contributed by atoms with Crippen LogP contribution in [0.1, 0.15) is 130 Å². The molecule has 2 saturated heterocycles. The van der Waals surface area contributed by atoms with Crippen molar-refractivity contribution in [2.24, 2.45) is 5.92 Å². The van der Waals surface area contributed by atoms with Gasteiger partial charge >= 0.3 is 30.3 Å². The molecule has 0 aromatic carbocycles. The maximum atomic E-state index is 13.3. The van der Waals surface area contributed by atoms with Gasteiger partial charge in [0, 0.05) is 13.5 Å². The number of carbonyl (C=O) groups excluding carboxylic acids is 5. The van der Waals surface area contributed by atoms with Gasteiger partial charge in [-0.15, -0.1) is 0 Å².